The molecule has 33 heavy (non-hydrogen) atoms. The minimum atomic E-state index is -1.19. The van der Waals surface area contributed by atoms with Crippen molar-refractivity contribution < 1.29 is 18.3 Å². The summed E-state index contributed by atoms with van der Waals surface area (Å²) in [4.78, 5) is 13.2. The zero-order chi connectivity index (χ0) is 23.2. The van der Waals surface area contributed by atoms with Gasteiger partial charge in [-0.1, -0.05) is 54.0 Å². The first-order valence-corrected chi connectivity index (χ1v) is 12.0. The van der Waals surface area contributed by atoms with Gasteiger partial charge in [0.05, 0.1) is 21.4 Å². The molecule has 6 nitrogen and oxygen atoms in total. The Morgan fingerprint density at radius 2 is 1.79 bits per heavy atom. The molecule has 1 atom stereocenters. The van der Waals surface area contributed by atoms with Crippen molar-refractivity contribution in [1.82, 2.24) is 5.16 Å². The number of anilines is 1. The van der Waals surface area contributed by atoms with E-state index in [9.17, 15) is 9.00 Å². The van der Waals surface area contributed by atoms with E-state index in [1.807, 2.05) is 55.5 Å². The highest BCUT2D eigenvalue weighted by atomic mass is 35.5. The van der Waals surface area contributed by atoms with Crippen LogP contribution in [-0.2, 0) is 17.4 Å². The van der Waals surface area contributed by atoms with Gasteiger partial charge in [0.25, 0.3) is 5.91 Å². The van der Waals surface area contributed by atoms with Crippen molar-refractivity contribution in [2.24, 2.45) is 0 Å². The third-order valence-electron chi connectivity index (χ3n) is 4.88. The molecule has 0 spiro atoms. The maximum absolute atomic E-state index is 12.7. The number of benzene rings is 3. The molecule has 0 aliphatic carbocycles. The third kappa shape index (κ3) is 5.50. The molecule has 0 saturated carbocycles. The predicted molar refractivity (Wildman–Crippen MR) is 129 cm³/mol. The van der Waals surface area contributed by atoms with E-state index in [1.165, 1.54) is 0 Å². The zero-order valence-corrected chi connectivity index (χ0v) is 19.4. The first-order chi connectivity index (χ1) is 16.0. The molecule has 1 aromatic heterocycles. The van der Waals surface area contributed by atoms with E-state index in [-0.39, 0.29) is 5.69 Å². The SMILES string of the molecule is CCS(=O)c1ccccc1NC(=O)c1cc(-c2ccc(OCc3ccccc3Cl)cc2)on1. The monoisotopic (exact) mass is 480 g/mol. The summed E-state index contributed by atoms with van der Waals surface area (Å²) in [6.45, 7) is 2.18. The average Bonchev–Trinajstić information content (AvgIpc) is 3.34. The second-order valence-corrected chi connectivity index (χ2v) is 9.18. The Morgan fingerprint density at radius 1 is 1.06 bits per heavy atom. The van der Waals surface area contributed by atoms with Gasteiger partial charge in [-0.2, -0.15) is 0 Å². The molecule has 1 heterocycles. The summed E-state index contributed by atoms with van der Waals surface area (Å²) in [6, 6.07) is 23.4. The molecule has 0 saturated heterocycles. The van der Waals surface area contributed by atoms with E-state index in [1.54, 1.807) is 30.3 Å². The lowest BCUT2D eigenvalue weighted by atomic mass is 10.1. The standard InChI is InChI=1S/C25H21ClN2O4S/c1-2-33(30)24-10-6-5-9-21(24)27-25(29)22-15-23(32-28-22)17-11-13-19(14-12-17)31-16-18-7-3-4-8-20(18)26/h3-15H,2,16H2,1H3,(H,27,29). The van der Waals surface area contributed by atoms with E-state index in [4.69, 9.17) is 20.9 Å². The number of carbonyl (C=O) groups is 1. The summed E-state index contributed by atoms with van der Waals surface area (Å²) < 4.78 is 23.4. The quantitative estimate of drug-likeness (QED) is 0.337. The van der Waals surface area contributed by atoms with Crippen LogP contribution in [0.1, 0.15) is 23.0 Å². The Balaban J connectivity index is 1.42. The van der Waals surface area contributed by atoms with Gasteiger partial charge in [0.1, 0.15) is 12.4 Å². The van der Waals surface area contributed by atoms with E-state index in [0.717, 1.165) is 11.1 Å². The van der Waals surface area contributed by atoms with Gasteiger partial charge in [-0.15, -0.1) is 0 Å². The zero-order valence-electron chi connectivity index (χ0n) is 17.8. The molecule has 8 heteroatoms. The molecule has 168 valence electrons. The summed E-state index contributed by atoms with van der Waals surface area (Å²) in [5.74, 6) is 1.14. The van der Waals surface area contributed by atoms with Crippen molar-refractivity contribution >= 4 is 34.0 Å². The number of halogens is 1. The highest BCUT2D eigenvalue weighted by molar-refractivity contribution is 7.85. The number of amides is 1. The van der Waals surface area contributed by atoms with Crippen molar-refractivity contribution in [3.8, 4) is 17.1 Å². The van der Waals surface area contributed by atoms with Crippen LogP contribution in [0.3, 0.4) is 0 Å². The van der Waals surface area contributed by atoms with E-state index in [2.05, 4.69) is 10.5 Å². The van der Waals surface area contributed by atoms with Crippen LogP contribution in [0.25, 0.3) is 11.3 Å². The van der Waals surface area contributed by atoms with E-state index < -0.39 is 16.7 Å². The first kappa shape index (κ1) is 22.8. The number of hydrogen-bond acceptors (Lipinski definition) is 5. The average molecular weight is 481 g/mol. The van der Waals surface area contributed by atoms with Gasteiger partial charge in [0.15, 0.2) is 11.5 Å². The highest BCUT2D eigenvalue weighted by Gasteiger charge is 2.16. The fourth-order valence-electron chi connectivity index (χ4n) is 3.12. The van der Waals surface area contributed by atoms with Crippen LogP contribution >= 0.6 is 11.6 Å². The van der Waals surface area contributed by atoms with Crippen molar-refractivity contribution in [2.75, 3.05) is 11.1 Å². The van der Waals surface area contributed by atoms with Crippen molar-refractivity contribution in [3.05, 3.63) is 95.1 Å². The summed E-state index contributed by atoms with van der Waals surface area (Å²) >= 11 is 6.16. The lowest BCUT2D eigenvalue weighted by Crippen LogP contribution is -2.14. The normalized spacial score (nSPS) is 11.7. The van der Waals surface area contributed by atoms with Gasteiger partial charge in [-0.3, -0.25) is 9.00 Å². The van der Waals surface area contributed by atoms with Gasteiger partial charge in [0, 0.05) is 28.0 Å². The molecule has 1 amide bonds. The maximum Gasteiger partial charge on any atom is 0.277 e. The number of carbonyl (C=O) groups excluding carboxylic acids is 1. The summed E-state index contributed by atoms with van der Waals surface area (Å²) in [5, 5.41) is 7.31. The first-order valence-electron chi connectivity index (χ1n) is 10.3. The molecule has 1 N–H and O–H groups in total. The van der Waals surface area contributed by atoms with Gasteiger partial charge in [-0.25, -0.2) is 0 Å². The van der Waals surface area contributed by atoms with Crippen LogP contribution in [-0.4, -0.2) is 21.0 Å². The summed E-state index contributed by atoms with van der Waals surface area (Å²) in [5.41, 5.74) is 2.27. The predicted octanol–water partition coefficient (Wildman–Crippen LogP) is 5.95. The number of rotatable bonds is 8. The van der Waals surface area contributed by atoms with Gasteiger partial charge < -0.3 is 14.6 Å². The second-order valence-electron chi connectivity index (χ2n) is 7.07. The number of ether oxygens (including phenoxy) is 1. The number of nitrogens with zero attached hydrogens (tertiary/aromatic N) is 1. The molecule has 4 aromatic rings. The van der Waals surface area contributed by atoms with Gasteiger partial charge in [-0.05, 0) is 42.5 Å². The maximum atomic E-state index is 12.7. The van der Waals surface area contributed by atoms with Crippen LogP contribution in [0, 0.1) is 0 Å². The van der Waals surface area contributed by atoms with Crippen LogP contribution in [0.4, 0.5) is 5.69 Å². The van der Waals surface area contributed by atoms with E-state index >= 15 is 0 Å². The Kier molecular flexibility index (Phi) is 7.22. The molecule has 1 unspecified atom stereocenters. The largest absolute Gasteiger partial charge is 0.489 e. The Hall–Kier alpha value is -3.42. The number of hydrogen-bond donors (Lipinski definition) is 1. The van der Waals surface area contributed by atoms with Gasteiger partial charge >= 0.3 is 0 Å². The molecule has 0 fully saturated rings. The number of nitrogens with one attached hydrogen (secondary N) is 1. The van der Waals surface area contributed by atoms with Crippen molar-refractivity contribution in [3.63, 3.8) is 0 Å². The number of aromatic nitrogens is 1. The Bertz CT molecular complexity index is 1290. The number of para-hydroxylation sites is 1. The van der Waals surface area contributed by atoms with Crippen LogP contribution in [0.5, 0.6) is 5.75 Å². The van der Waals surface area contributed by atoms with E-state index in [0.29, 0.717) is 39.5 Å². The second kappa shape index (κ2) is 10.5. The van der Waals surface area contributed by atoms with Crippen molar-refractivity contribution in [2.45, 2.75) is 18.4 Å². The van der Waals surface area contributed by atoms with Crippen molar-refractivity contribution in [1.29, 1.82) is 0 Å². The molecule has 0 aliphatic rings. The summed E-state index contributed by atoms with van der Waals surface area (Å²) in [6.07, 6.45) is 0. The third-order valence-corrected chi connectivity index (χ3v) is 6.62. The highest BCUT2D eigenvalue weighted by Crippen LogP contribution is 2.26. The molecule has 0 radical (unpaired) electrons. The lowest BCUT2D eigenvalue weighted by Gasteiger charge is -2.08. The Labute approximate surface area is 199 Å². The fourth-order valence-corrected chi connectivity index (χ4v) is 4.22. The van der Waals surface area contributed by atoms with Gasteiger partial charge in [0.2, 0.25) is 0 Å². The molecule has 0 aliphatic heterocycles. The molecule has 3 aromatic carbocycles. The topological polar surface area (TPSA) is 81.4 Å². The fraction of sp³-hybridized carbons (Fsp3) is 0.120. The van der Waals surface area contributed by atoms with Crippen LogP contribution in [0.15, 0.2) is 88.3 Å². The van der Waals surface area contributed by atoms with Crippen LogP contribution in [0.2, 0.25) is 5.02 Å². The molecule has 4 rings (SSSR count). The Morgan fingerprint density at radius 3 is 2.55 bits per heavy atom. The lowest BCUT2D eigenvalue weighted by molar-refractivity contribution is 0.101. The molecular formula is C25H21ClN2O4S. The molecule has 0 bridgehead atoms. The smallest absolute Gasteiger partial charge is 0.277 e. The minimum Gasteiger partial charge on any atom is -0.489 e. The van der Waals surface area contributed by atoms with Crippen LogP contribution < -0.4 is 10.1 Å². The summed E-state index contributed by atoms with van der Waals surface area (Å²) in [7, 11) is -1.19. The minimum absolute atomic E-state index is 0.126. The molecular weight excluding hydrogens is 460 g/mol.